The highest BCUT2D eigenvalue weighted by Crippen LogP contribution is 2.38. The number of hydrogen-bond acceptors (Lipinski definition) is 2. The minimum absolute atomic E-state index is 0.123. The minimum atomic E-state index is 0.123. The van der Waals surface area contributed by atoms with Crippen molar-refractivity contribution in [2.24, 2.45) is 0 Å². The molecule has 1 fully saturated rings. The second-order valence-electron chi connectivity index (χ2n) is 4.90. The summed E-state index contributed by atoms with van der Waals surface area (Å²) in [5.74, 6) is 0. The Morgan fingerprint density at radius 1 is 1.40 bits per heavy atom. The number of ether oxygens (including phenoxy) is 1. The molecule has 2 nitrogen and oxygen atoms in total. The molecule has 1 aliphatic heterocycles. The Morgan fingerprint density at radius 2 is 2.07 bits per heavy atom. The van der Waals surface area contributed by atoms with Crippen molar-refractivity contribution in [1.82, 2.24) is 0 Å². The third kappa shape index (κ3) is 4.61. The topological polar surface area (TPSA) is 29.6 Å². The fourth-order valence-electron chi connectivity index (χ4n) is 1.75. The van der Waals surface area contributed by atoms with Crippen molar-refractivity contribution in [2.75, 3.05) is 0 Å². The van der Waals surface area contributed by atoms with E-state index in [0.29, 0.717) is 12.5 Å². The molecule has 15 heavy (non-hydrogen) atoms. The average molecular weight is 210 g/mol. The zero-order chi connectivity index (χ0) is 11.3. The van der Waals surface area contributed by atoms with Gasteiger partial charge in [0, 0.05) is 6.42 Å². The lowest BCUT2D eigenvalue weighted by atomic mass is 10.0. The van der Waals surface area contributed by atoms with Gasteiger partial charge in [-0.25, -0.2) is 0 Å². The third-order valence-electron chi connectivity index (χ3n) is 2.98. The fraction of sp³-hybridized carbons (Fsp3) is 0.769. The molecular weight excluding hydrogens is 188 g/mol. The Hall–Kier alpha value is -0.630. The van der Waals surface area contributed by atoms with E-state index < -0.39 is 0 Å². The number of aldehydes is 1. The summed E-state index contributed by atoms with van der Waals surface area (Å²) < 4.78 is 5.52. The molecule has 0 aliphatic carbocycles. The summed E-state index contributed by atoms with van der Waals surface area (Å²) in [6.45, 7) is 6.44. The number of allylic oxidation sites excluding steroid dienone is 2. The molecule has 1 aliphatic rings. The van der Waals surface area contributed by atoms with E-state index in [1.54, 1.807) is 0 Å². The highest BCUT2D eigenvalue weighted by Gasteiger charge is 2.46. The second kappa shape index (κ2) is 5.45. The van der Waals surface area contributed by atoms with E-state index in [1.165, 1.54) is 5.57 Å². The largest absolute Gasteiger partial charge is 0.367 e. The van der Waals surface area contributed by atoms with Gasteiger partial charge < -0.3 is 9.53 Å². The average Bonchev–Trinajstić information content (AvgIpc) is 2.78. The quantitative estimate of drug-likeness (QED) is 0.279. The smallest absolute Gasteiger partial charge is 0.120 e. The van der Waals surface area contributed by atoms with Crippen molar-refractivity contribution in [3.63, 3.8) is 0 Å². The summed E-state index contributed by atoms with van der Waals surface area (Å²) in [5, 5.41) is 0. The van der Waals surface area contributed by atoms with E-state index in [4.69, 9.17) is 4.74 Å². The van der Waals surface area contributed by atoms with Gasteiger partial charge in [-0.15, -0.1) is 0 Å². The number of hydrogen-bond donors (Lipinski definition) is 0. The van der Waals surface area contributed by atoms with Crippen molar-refractivity contribution in [1.29, 1.82) is 0 Å². The van der Waals surface area contributed by atoms with E-state index in [0.717, 1.165) is 32.0 Å². The van der Waals surface area contributed by atoms with Crippen LogP contribution in [-0.2, 0) is 9.53 Å². The lowest BCUT2D eigenvalue weighted by Crippen LogP contribution is -2.02. The van der Waals surface area contributed by atoms with Gasteiger partial charge in [0.1, 0.15) is 6.29 Å². The fourth-order valence-corrected chi connectivity index (χ4v) is 1.75. The van der Waals surface area contributed by atoms with Gasteiger partial charge in [-0.05, 0) is 46.5 Å². The maximum atomic E-state index is 10.1. The Morgan fingerprint density at radius 3 is 2.60 bits per heavy atom. The Labute approximate surface area is 92.7 Å². The summed E-state index contributed by atoms with van der Waals surface area (Å²) >= 11 is 0. The first-order valence-electron chi connectivity index (χ1n) is 5.83. The van der Waals surface area contributed by atoms with Crippen LogP contribution in [0.1, 0.15) is 52.9 Å². The molecule has 0 bridgehead atoms. The zero-order valence-corrected chi connectivity index (χ0v) is 10.1. The van der Waals surface area contributed by atoms with Crippen LogP contribution in [0.25, 0.3) is 0 Å². The van der Waals surface area contributed by atoms with Gasteiger partial charge in [0.2, 0.25) is 0 Å². The molecule has 0 saturated carbocycles. The highest BCUT2D eigenvalue weighted by molar-refractivity contribution is 5.49. The summed E-state index contributed by atoms with van der Waals surface area (Å²) in [6.07, 6.45) is 8.63. The molecule has 0 aromatic heterocycles. The van der Waals surface area contributed by atoms with Gasteiger partial charge >= 0.3 is 0 Å². The van der Waals surface area contributed by atoms with Gasteiger partial charge in [-0.3, -0.25) is 0 Å². The normalized spacial score (nSPS) is 23.9. The van der Waals surface area contributed by atoms with Crippen LogP contribution < -0.4 is 0 Å². The number of rotatable bonds is 7. The van der Waals surface area contributed by atoms with E-state index in [1.807, 2.05) is 0 Å². The maximum Gasteiger partial charge on any atom is 0.120 e. The number of epoxide rings is 1. The first-order chi connectivity index (χ1) is 7.06. The molecule has 86 valence electrons. The van der Waals surface area contributed by atoms with Crippen molar-refractivity contribution in [3.05, 3.63) is 11.6 Å². The summed E-state index contributed by atoms with van der Waals surface area (Å²) in [4.78, 5) is 10.1. The van der Waals surface area contributed by atoms with Crippen LogP contribution in [0.5, 0.6) is 0 Å². The molecule has 2 heteroatoms. The lowest BCUT2D eigenvalue weighted by molar-refractivity contribution is -0.107. The van der Waals surface area contributed by atoms with Crippen molar-refractivity contribution in [2.45, 2.75) is 64.6 Å². The Balaban J connectivity index is 2.07. The molecule has 0 amide bonds. The van der Waals surface area contributed by atoms with Crippen LogP contribution in [0.15, 0.2) is 11.6 Å². The Kier molecular flexibility index (Phi) is 4.52. The van der Waals surface area contributed by atoms with Gasteiger partial charge in [0.05, 0.1) is 11.7 Å². The van der Waals surface area contributed by atoms with E-state index >= 15 is 0 Å². The first-order valence-corrected chi connectivity index (χ1v) is 5.83. The second-order valence-corrected chi connectivity index (χ2v) is 4.90. The van der Waals surface area contributed by atoms with Gasteiger partial charge in [0.15, 0.2) is 0 Å². The van der Waals surface area contributed by atoms with Gasteiger partial charge in [0.25, 0.3) is 0 Å². The monoisotopic (exact) mass is 210 g/mol. The first kappa shape index (κ1) is 12.4. The molecule has 0 N–H and O–H groups in total. The van der Waals surface area contributed by atoms with Crippen molar-refractivity contribution >= 4 is 6.29 Å². The standard InChI is InChI=1S/C13H22O2/c1-11(7-5-4-6-10-14)8-9-12-13(2,3)15-12/h7,10,12H,4-6,8-9H2,1-3H3/b11-7+. The predicted molar refractivity (Wildman–Crippen MR) is 61.9 cm³/mol. The van der Waals surface area contributed by atoms with Crippen LogP contribution in [0, 0.1) is 0 Å². The summed E-state index contributed by atoms with van der Waals surface area (Å²) in [5.41, 5.74) is 1.55. The van der Waals surface area contributed by atoms with Crippen LogP contribution in [0.4, 0.5) is 0 Å². The predicted octanol–water partition coefficient (Wildman–Crippen LogP) is 3.26. The number of carbonyl (C=O) groups is 1. The molecular formula is C13H22O2. The molecule has 0 radical (unpaired) electrons. The minimum Gasteiger partial charge on any atom is -0.367 e. The zero-order valence-electron chi connectivity index (χ0n) is 10.1. The molecule has 0 aromatic rings. The van der Waals surface area contributed by atoms with Crippen LogP contribution in [-0.4, -0.2) is 18.0 Å². The van der Waals surface area contributed by atoms with Crippen molar-refractivity contribution in [3.8, 4) is 0 Å². The maximum absolute atomic E-state index is 10.1. The van der Waals surface area contributed by atoms with E-state index in [2.05, 4.69) is 26.8 Å². The van der Waals surface area contributed by atoms with Gasteiger partial charge in [-0.1, -0.05) is 11.6 Å². The lowest BCUT2D eigenvalue weighted by Gasteiger charge is -2.00. The summed E-state index contributed by atoms with van der Waals surface area (Å²) in [7, 11) is 0. The molecule has 1 rings (SSSR count). The van der Waals surface area contributed by atoms with E-state index in [-0.39, 0.29) is 5.60 Å². The SMILES string of the molecule is C/C(=C\CCCC=O)CCC1OC1(C)C. The Bertz CT molecular complexity index is 241. The van der Waals surface area contributed by atoms with Crippen molar-refractivity contribution < 1.29 is 9.53 Å². The molecule has 1 heterocycles. The van der Waals surface area contributed by atoms with Crippen LogP contribution in [0.3, 0.4) is 0 Å². The molecule has 0 spiro atoms. The number of unbranched alkanes of at least 4 members (excludes halogenated alkanes) is 2. The molecule has 1 atom stereocenters. The van der Waals surface area contributed by atoms with Gasteiger partial charge in [-0.2, -0.15) is 0 Å². The molecule has 0 aromatic carbocycles. The molecule has 1 saturated heterocycles. The third-order valence-corrected chi connectivity index (χ3v) is 2.98. The summed E-state index contributed by atoms with van der Waals surface area (Å²) in [6, 6.07) is 0. The molecule has 1 unspecified atom stereocenters. The number of carbonyl (C=O) groups excluding carboxylic acids is 1. The van der Waals surface area contributed by atoms with E-state index in [9.17, 15) is 4.79 Å². The van der Waals surface area contributed by atoms with Crippen LogP contribution >= 0.6 is 0 Å². The van der Waals surface area contributed by atoms with Crippen LogP contribution in [0.2, 0.25) is 0 Å². The highest BCUT2D eigenvalue weighted by atomic mass is 16.6.